The quantitative estimate of drug-likeness (QED) is 0.294. The van der Waals surface area contributed by atoms with Crippen molar-refractivity contribution in [2.75, 3.05) is 13.1 Å². The van der Waals surface area contributed by atoms with Crippen LogP contribution in [0.1, 0.15) is 58.1 Å². The van der Waals surface area contributed by atoms with Gasteiger partial charge in [0.15, 0.2) is 0 Å². The van der Waals surface area contributed by atoms with Crippen molar-refractivity contribution in [2.24, 2.45) is 5.92 Å². The zero-order valence-electron chi connectivity index (χ0n) is 23.7. The van der Waals surface area contributed by atoms with Gasteiger partial charge in [-0.25, -0.2) is 4.79 Å². The van der Waals surface area contributed by atoms with E-state index in [0.717, 1.165) is 30.4 Å². The van der Waals surface area contributed by atoms with Gasteiger partial charge in [0.1, 0.15) is 11.6 Å². The summed E-state index contributed by atoms with van der Waals surface area (Å²) in [5.74, 6) is 0.257. The first kappa shape index (κ1) is 30.2. The maximum atomic E-state index is 13.6. The van der Waals surface area contributed by atoms with Crippen molar-refractivity contribution >= 4 is 17.9 Å². The largest absolute Gasteiger partial charge is 0.444 e. The summed E-state index contributed by atoms with van der Waals surface area (Å²) < 4.78 is 5.44. The minimum atomic E-state index is -0.828. The lowest BCUT2D eigenvalue weighted by Gasteiger charge is -2.27. The summed E-state index contributed by atoms with van der Waals surface area (Å²) in [6.07, 6.45) is 3.35. The Morgan fingerprint density at radius 1 is 0.846 bits per heavy atom. The number of carbonyl (C=O) groups excluding carboxylic acids is 3. The Morgan fingerprint density at radius 3 is 1.97 bits per heavy atom. The third-order valence-corrected chi connectivity index (χ3v) is 6.51. The number of hydrogen-bond acceptors (Lipinski definition) is 5. The van der Waals surface area contributed by atoms with Gasteiger partial charge in [0.25, 0.3) is 0 Å². The molecule has 2 aromatic carbocycles. The number of rotatable bonds is 14. The average Bonchev–Trinajstić information content (AvgIpc) is 3.70. The van der Waals surface area contributed by atoms with Crippen LogP contribution in [0, 0.1) is 5.92 Å². The van der Waals surface area contributed by atoms with Crippen LogP contribution < -0.4 is 21.3 Å². The first-order valence-corrected chi connectivity index (χ1v) is 14.0. The van der Waals surface area contributed by atoms with Gasteiger partial charge < -0.3 is 26.0 Å². The number of alkyl carbamates (subject to hydrolysis) is 1. The highest BCUT2D eigenvalue weighted by Crippen LogP contribution is 2.33. The van der Waals surface area contributed by atoms with Gasteiger partial charge in [-0.2, -0.15) is 0 Å². The molecular formula is C31H44N4O4. The molecule has 1 aliphatic carbocycles. The van der Waals surface area contributed by atoms with Gasteiger partial charge in [-0.05, 0) is 57.6 Å². The van der Waals surface area contributed by atoms with E-state index in [1.165, 1.54) is 0 Å². The topological polar surface area (TPSA) is 109 Å². The fraction of sp³-hybridized carbons (Fsp3) is 0.516. The van der Waals surface area contributed by atoms with E-state index >= 15 is 0 Å². The normalized spacial score (nSPS) is 15.5. The van der Waals surface area contributed by atoms with E-state index in [1.54, 1.807) is 20.8 Å². The third-order valence-electron chi connectivity index (χ3n) is 6.51. The predicted octanol–water partition coefficient (Wildman–Crippen LogP) is 3.74. The highest BCUT2D eigenvalue weighted by Gasteiger charge is 2.30. The van der Waals surface area contributed by atoms with Gasteiger partial charge in [0.2, 0.25) is 11.8 Å². The Bertz CT molecular complexity index is 1050. The second kappa shape index (κ2) is 14.7. The number of nitrogens with one attached hydrogen (secondary N) is 4. The molecule has 0 heterocycles. The van der Waals surface area contributed by atoms with Gasteiger partial charge in [-0.3, -0.25) is 9.59 Å². The van der Waals surface area contributed by atoms with E-state index in [-0.39, 0.29) is 23.9 Å². The summed E-state index contributed by atoms with van der Waals surface area (Å²) in [5, 5.41) is 12.3. The van der Waals surface area contributed by atoms with Crippen molar-refractivity contribution in [1.82, 2.24) is 21.3 Å². The third kappa shape index (κ3) is 11.5. The Labute approximate surface area is 232 Å². The molecule has 3 rings (SSSR count). The molecule has 0 bridgehead atoms. The second-order valence-corrected chi connectivity index (χ2v) is 11.3. The minimum Gasteiger partial charge on any atom is -0.444 e. The lowest BCUT2D eigenvalue weighted by molar-refractivity contribution is -0.123. The first-order chi connectivity index (χ1) is 18.6. The molecule has 8 nitrogen and oxygen atoms in total. The van der Waals surface area contributed by atoms with Crippen molar-refractivity contribution in [2.45, 2.75) is 83.5 Å². The molecule has 2 unspecified atom stereocenters. The van der Waals surface area contributed by atoms with Crippen LogP contribution in [0.15, 0.2) is 60.7 Å². The molecule has 1 fully saturated rings. The maximum Gasteiger partial charge on any atom is 0.408 e. The number of likely N-dealkylation sites (N-methyl/N-ethyl adjacent to an activating group) is 1. The molecule has 39 heavy (non-hydrogen) atoms. The van der Waals surface area contributed by atoms with Crippen molar-refractivity contribution < 1.29 is 19.1 Å². The fourth-order valence-electron chi connectivity index (χ4n) is 4.44. The monoisotopic (exact) mass is 536 g/mol. The summed E-state index contributed by atoms with van der Waals surface area (Å²) in [7, 11) is 0. The van der Waals surface area contributed by atoms with E-state index in [2.05, 4.69) is 21.3 Å². The molecule has 0 aromatic heterocycles. The van der Waals surface area contributed by atoms with Gasteiger partial charge in [-0.15, -0.1) is 0 Å². The lowest BCUT2D eigenvalue weighted by Crippen LogP contribution is -2.55. The van der Waals surface area contributed by atoms with Gasteiger partial charge in [-0.1, -0.05) is 73.5 Å². The summed E-state index contributed by atoms with van der Waals surface area (Å²) in [6.45, 7) is 8.26. The molecule has 3 atom stereocenters. The summed E-state index contributed by atoms with van der Waals surface area (Å²) >= 11 is 0. The van der Waals surface area contributed by atoms with E-state index in [4.69, 9.17) is 4.74 Å². The van der Waals surface area contributed by atoms with E-state index in [0.29, 0.717) is 31.8 Å². The number of amides is 3. The molecule has 1 aliphatic rings. The number of benzene rings is 2. The Hall–Kier alpha value is -3.39. The molecule has 212 valence electrons. The second-order valence-electron chi connectivity index (χ2n) is 11.3. The van der Waals surface area contributed by atoms with E-state index in [1.807, 2.05) is 67.6 Å². The lowest BCUT2D eigenvalue weighted by atomic mass is 10.0. The minimum absolute atomic E-state index is 0.0114. The molecule has 2 aromatic rings. The molecular weight excluding hydrogens is 492 g/mol. The first-order valence-electron chi connectivity index (χ1n) is 14.0. The zero-order valence-corrected chi connectivity index (χ0v) is 23.7. The van der Waals surface area contributed by atoms with Crippen molar-refractivity contribution in [3.63, 3.8) is 0 Å². The van der Waals surface area contributed by atoms with Crippen LogP contribution in [0.4, 0.5) is 4.79 Å². The van der Waals surface area contributed by atoms with Crippen molar-refractivity contribution in [3.8, 4) is 0 Å². The Kier molecular flexibility index (Phi) is 11.3. The van der Waals surface area contributed by atoms with Crippen LogP contribution >= 0.6 is 0 Å². The van der Waals surface area contributed by atoms with Gasteiger partial charge >= 0.3 is 6.09 Å². The zero-order chi connectivity index (χ0) is 28.3. The average molecular weight is 537 g/mol. The Morgan fingerprint density at radius 2 is 1.44 bits per heavy atom. The predicted molar refractivity (Wildman–Crippen MR) is 153 cm³/mol. The highest BCUT2D eigenvalue weighted by molar-refractivity contribution is 5.86. The molecule has 0 spiro atoms. The number of ether oxygens (including phenoxy) is 1. The summed E-state index contributed by atoms with van der Waals surface area (Å²) in [5.41, 5.74) is 1.31. The number of carbonyl (C=O) groups is 3. The number of hydrogen-bond donors (Lipinski definition) is 4. The summed E-state index contributed by atoms with van der Waals surface area (Å²) in [4.78, 5) is 39.0. The summed E-state index contributed by atoms with van der Waals surface area (Å²) in [6, 6.07) is 18.1. The van der Waals surface area contributed by atoms with Crippen LogP contribution in [-0.2, 0) is 27.2 Å². The fourth-order valence-corrected chi connectivity index (χ4v) is 4.44. The van der Waals surface area contributed by atoms with E-state index in [9.17, 15) is 14.4 Å². The molecule has 4 N–H and O–H groups in total. The van der Waals surface area contributed by atoms with Crippen molar-refractivity contribution in [3.05, 3.63) is 71.8 Å². The molecule has 3 amide bonds. The van der Waals surface area contributed by atoms with Crippen LogP contribution in [0.2, 0.25) is 0 Å². The molecule has 0 saturated heterocycles. The maximum absolute atomic E-state index is 13.6. The smallest absolute Gasteiger partial charge is 0.408 e. The molecule has 0 aliphatic heterocycles. The van der Waals surface area contributed by atoms with Gasteiger partial charge in [0.05, 0.1) is 6.04 Å². The van der Waals surface area contributed by atoms with E-state index < -0.39 is 17.7 Å². The highest BCUT2D eigenvalue weighted by atomic mass is 16.6. The van der Waals surface area contributed by atoms with Crippen LogP contribution in [0.25, 0.3) is 0 Å². The molecule has 8 heteroatoms. The SMILES string of the molecule is CCNC(=O)C(CC1CC1)NC[C@@H](Cc1ccccc1)NC(=O)C(Cc1ccccc1)NC(=O)OC(C)(C)C. The van der Waals surface area contributed by atoms with Crippen LogP contribution in [0.3, 0.4) is 0 Å². The Balaban J connectivity index is 1.75. The van der Waals surface area contributed by atoms with Crippen LogP contribution in [-0.4, -0.2) is 54.7 Å². The molecule has 0 radical (unpaired) electrons. The molecule has 1 saturated carbocycles. The van der Waals surface area contributed by atoms with Crippen molar-refractivity contribution in [1.29, 1.82) is 0 Å². The van der Waals surface area contributed by atoms with Gasteiger partial charge in [0, 0.05) is 25.6 Å². The standard InChI is InChI=1S/C31H44N4O4/c1-5-32-28(36)26(19-24-16-17-24)33-21-25(18-22-12-8-6-9-13-22)34-29(37)27(20-23-14-10-7-11-15-23)35-30(38)39-31(2,3)4/h6-15,24-27,33H,5,16-21H2,1-4H3,(H,32,36)(H,34,37)(H,35,38)/t25-,26?,27?/m1/s1. The van der Waals surface area contributed by atoms with Crippen LogP contribution in [0.5, 0.6) is 0 Å².